The van der Waals surface area contributed by atoms with Crippen molar-refractivity contribution in [1.29, 1.82) is 0 Å². The second-order valence-electron chi connectivity index (χ2n) is 4.15. The summed E-state index contributed by atoms with van der Waals surface area (Å²) in [7, 11) is 0. The minimum absolute atomic E-state index is 0.0336. The third-order valence-electron chi connectivity index (χ3n) is 2.72. The number of ether oxygens (including phenoxy) is 1. The highest BCUT2D eigenvalue weighted by molar-refractivity contribution is 5.88. The molecule has 0 saturated carbocycles. The Balaban J connectivity index is 1.87. The Morgan fingerprint density at radius 1 is 1.37 bits per heavy atom. The lowest BCUT2D eigenvalue weighted by molar-refractivity contribution is -0.130. The van der Waals surface area contributed by atoms with Crippen LogP contribution in [0.4, 0.5) is 5.69 Å². The van der Waals surface area contributed by atoms with Gasteiger partial charge in [0, 0.05) is 6.54 Å². The van der Waals surface area contributed by atoms with Crippen molar-refractivity contribution < 1.29 is 14.3 Å². The molecule has 1 unspecified atom stereocenters. The van der Waals surface area contributed by atoms with Gasteiger partial charge in [-0.3, -0.25) is 9.59 Å². The molecule has 1 aromatic carbocycles. The van der Waals surface area contributed by atoms with Crippen LogP contribution in [-0.2, 0) is 9.59 Å². The van der Waals surface area contributed by atoms with Crippen LogP contribution in [0.15, 0.2) is 24.3 Å². The van der Waals surface area contributed by atoms with Crippen molar-refractivity contribution in [3.63, 3.8) is 0 Å². The lowest BCUT2D eigenvalue weighted by atomic mass is 10.2. The summed E-state index contributed by atoms with van der Waals surface area (Å²) >= 11 is 0. The summed E-state index contributed by atoms with van der Waals surface area (Å²) in [5.74, 6) is 0.139. The molecule has 6 nitrogen and oxygen atoms in total. The van der Waals surface area contributed by atoms with E-state index in [2.05, 4.69) is 16.0 Å². The number of carbonyl (C=O) groups is 2. The molecule has 0 saturated heterocycles. The summed E-state index contributed by atoms with van der Waals surface area (Å²) in [5.41, 5.74) is 0.871. The van der Waals surface area contributed by atoms with E-state index in [0.29, 0.717) is 18.8 Å². The van der Waals surface area contributed by atoms with Gasteiger partial charge in [0.15, 0.2) is 6.10 Å². The SMILES string of the molecule is CCNC(=O)CNC(=O)C1CNc2ccccc2O1. The molecule has 0 aromatic heterocycles. The molecule has 19 heavy (non-hydrogen) atoms. The van der Waals surface area contributed by atoms with Gasteiger partial charge in [-0.2, -0.15) is 0 Å². The number of benzene rings is 1. The first-order chi connectivity index (χ1) is 9.20. The van der Waals surface area contributed by atoms with Gasteiger partial charge in [0.05, 0.1) is 18.8 Å². The zero-order chi connectivity index (χ0) is 13.7. The molecule has 0 aliphatic carbocycles. The molecule has 1 aliphatic rings. The fourth-order valence-corrected chi connectivity index (χ4v) is 1.80. The Bertz CT molecular complexity index is 476. The summed E-state index contributed by atoms with van der Waals surface area (Å²) in [6.07, 6.45) is -0.621. The van der Waals surface area contributed by atoms with Crippen LogP contribution in [0.3, 0.4) is 0 Å². The van der Waals surface area contributed by atoms with Crippen molar-refractivity contribution in [2.24, 2.45) is 0 Å². The van der Waals surface area contributed by atoms with E-state index in [9.17, 15) is 9.59 Å². The van der Waals surface area contributed by atoms with E-state index in [1.807, 2.05) is 25.1 Å². The molecule has 0 fully saturated rings. The molecule has 1 aliphatic heterocycles. The lowest BCUT2D eigenvalue weighted by Crippen LogP contribution is -2.47. The molecule has 1 heterocycles. The maximum atomic E-state index is 11.9. The van der Waals surface area contributed by atoms with E-state index >= 15 is 0 Å². The third-order valence-corrected chi connectivity index (χ3v) is 2.72. The van der Waals surface area contributed by atoms with Gasteiger partial charge in [0.25, 0.3) is 5.91 Å². The Labute approximate surface area is 111 Å². The summed E-state index contributed by atoms with van der Waals surface area (Å²) in [5, 5.41) is 8.28. The first kappa shape index (κ1) is 13.2. The van der Waals surface area contributed by atoms with Gasteiger partial charge >= 0.3 is 0 Å². The van der Waals surface area contributed by atoms with Crippen molar-refractivity contribution in [3.8, 4) is 5.75 Å². The fourth-order valence-electron chi connectivity index (χ4n) is 1.80. The zero-order valence-electron chi connectivity index (χ0n) is 10.7. The number of carbonyl (C=O) groups excluding carboxylic acids is 2. The smallest absolute Gasteiger partial charge is 0.263 e. The molecule has 3 N–H and O–H groups in total. The molecule has 102 valence electrons. The van der Waals surface area contributed by atoms with E-state index < -0.39 is 6.10 Å². The number of para-hydroxylation sites is 2. The van der Waals surface area contributed by atoms with Crippen molar-refractivity contribution in [3.05, 3.63) is 24.3 Å². The van der Waals surface area contributed by atoms with Crippen LogP contribution in [0.1, 0.15) is 6.92 Å². The Morgan fingerprint density at radius 3 is 2.95 bits per heavy atom. The normalized spacial score (nSPS) is 16.6. The molecule has 0 spiro atoms. The lowest BCUT2D eigenvalue weighted by Gasteiger charge is -2.26. The molecule has 1 aromatic rings. The number of nitrogens with one attached hydrogen (secondary N) is 3. The minimum atomic E-state index is -0.621. The Morgan fingerprint density at radius 2 is 2.16 bits per heavy atom. The summed E-state index contributed by atoms with van der Waals surface area (Å²) in [6, 6.07) is 7.42. The van der Waals surface area contributed by atoms with E-state index in [-0.39, 0.29) is 18.4 Å². The van der Waals surface area contributed by atoms with Crippen molar-refractivity contribution in [1.82, 2.24) is 10.6 Å². The second kappa shape index (κ2) is 6.08. The summed E-state index contributed by atoms with van der Waals surface area (Å²) < 4.78 is 5.58. The highest BCUT2D eigenvalue weighted by Crippen LogP contribution is 2.27. The molecule has 0 radical (unpaired) electrons. The van der Waals surface area contributed by atoms with Crippen molar-refractivity contribution in [2.75, 3.05) is 25.0 Å². The minimum Gasteiger partial charge on any atom is -0.477 e. The standard InChI is InChI=1S/C13H17N3O3/c1-2-14-12(17)8-16-13(18)11-7-15-9-5-3-4-6-10(9)19-11/h3-6,11,15H,2,7-8H2,1H3,(H,14,17)(H,16,18). The Kier molecular flexibility index (Phi) is 4.22. The number of hydrogen-bond acceptors (Lipinski definition) is 4. The van der Waals surface area contributed by atoms with Gasteiger partial charge in [-0.15, -0.1) is 0 Å². The molecule has 1 atom stereocenters. The predicted octanol–water partition coefficient (Wildman–Crippen LogP) is 0.112. The van der Waals surface area contributed by atoms with E-state index in [1.165, 1.54) is 0 Å². The van der Waals surface area contributed by atoms with Crippen LogP contribution in [0.5, 0.6) is 5.75 Å². The molecule has 0 bridgehead atoms. The van der Waals surface area contributed by atoms with Gasteiger partial charge in [-0.1, -0.05) is 12.1 Å². The maximum absolute atomic E-state index is 11.9. The zero-order valence-corrected chi connectivity index (χ0v) is 10.7. The van der Waals surface area contributed by atoms with Crippen LogP contribution in [0.25, 0.3) is 0 Å². The number of fused-ring (bicyclic) bond motifs is 1. The van der Waals surface area contributed by atoms with Gasteiger partial charge < -0.3 is 20.7 Å². The predicted molar refractivity (Wildman–Crippen MR) is 71.0 cm³/mol. The largest absolute Gasteiger partial charge is 0.477 e. The quantitative estimate of drug-likeness (QED) is 0.720. The van der Waals surface area contributed by atoms with Crippen LogP contribution >= 0.6 is 0 Å². The van der Waals surface area contributed by atoms with Crippen LogP contribution in [-0.4, -0.2) is 37.6 Å². The van der Waals surface area contributed by atoms with E-state index in [1.54, 1.807) is 6.07 Å². The van der Waals surface area contributed by atoms with Crippen molar-refractivity contribution in [2.45, 2.75) is 13.0 Å². The fraction of sp³-hybridized carbons (Fsp3) is 0.385. The highest BCUT2D eigenvalue weighted by atomic mass is 16.5. The first-order valence-corrected chi connectivity index (χ1v) is 6.24. The van der Waals surface area contributed by atoms with Crippen LogP contribution in [0.2, 0.25) is 0 Å². The second-order valence-corrected chi connectivity index (χ2v) is 4.15. The average Bonchev–Trinajstić information content (AvgIpc) is 2.44. The number of rotatable bonds is 4. The highest BCUT2D eigenvalue weighted by Gasteiger charge is 2.25. The van der Waals surface area contributed by atoms with Crippen LogP contribution in [0, 0.1) is 0 Å². The molecule has 2 amide bonds. The molecule has 2 rings (SSSR count). The van der Waals surface area contributed by atoms with E-state index in [4.69, 9.17) is 4.74 Å². The van der Waals surface area contributed by atoms with Crippen molar-refractivity contribution >= 4 is 17.5 Å². The van der Waals surface area contributed by atoms with E-state index in [0.717, 1.165) is 5.69 Å². The number of hydrogen-bond donors (Lipinski definition) is 3. The summed E-state index contributed by atoms with van der Waals surface area (Å²) in [4.78, 5) is 23.1. The topological polar surface area (TPSA) is 79.5 Å². The Hall–Kier alpha value is -2.24. The monoisotopic (exact) mass is 263 g/mol. The van der Waals surface area contributed by atoms with Gasteiger partial charge in [0.1, 0.15) is 5.75 Å². The number of anilines is 1. The van der Waals surface area contributed by atoms with Gasteiger partial charge in [-0.05, 0) is 19.1 Å². The van der Waals surface area contributed by atoms with Gasteiger partial charge in [0.2, 0.25) is 5.91 Å². The summed E-state index contributed by atoms with van der Waals surface area (Å²) in [6.45, 7) is 2.72. The first-order valence-electron chi connectivity index (χ1n) is 6.24. The average molecular weight is 263 g/mol. The molecular formula is C13H17N3O3. The number of amides is 2. The maximum Gasteiger partial charge on any atom is 0.263 e. The van der Waals surface area contributed by atoms with Crippen LogP contribution < -0.4 is 20.7 Å². The van der Waals surface area contributed by atoms with Gasteiger partial charge in [-0.25, -0.2) is 0 Å². The third kappa shape index (κ3) is 3.37. The molecular weight excluding hydrogens is 246 g/mol. The molecule has 6 heteroatoms. The number of likely N-dealkylation sites (N-methyl/N-ethyl adjacent to an activating group) is 1.